The highest BCUT2D eigenvalue weighted by Gasteiger charge is 2.30. The first-order chi connectivity index (χ1) is 10.7. The van der Waals surface area contributed by atoms with Crippen molar-refractivity contribution in [3.8, 4) is 0 Å². The molecule has 0 saturated heterocycles. The van der Waals surface area contributed by atoms with Gasteiger partial charge >= 0.3 is 0 Å². The first-order valence-electron chi connectivity index (χ1n) is 7.36. The molecule has 0 aromatic carbocycles. The Bertz CT molecular complexity index is 725. The molecule has 3 heterocycles. The summed E-state index contributed by atoms with van der Waals surface area (Å²) in [5.41, 5.74) is 1.89. The van der Waals surface area contributed by atoms with Crippen LogP contribution in [-0.2, 0) is 19.5 Å². The van der Waals surface area contributed by atoms with E-state index in [2.05, 4.69) is 20.0 Å². The van der Waals surface area contributed by atoms with E-state index < -0.39 is 4.92 Å². The number of hydrogen-bond donors (Lipinski definition) is 0. The molecule has 22 heavy (non-hydrogen) atoms. The van der Waals surface area contributed by atoms with Crippen molar-refractivity contribution in [1.29, 1.82) is 0 Å². The van der Waals surface area contributed by atoms with Gasteiger partial charge in [-0.05, 0) is 18.4 Å². The average Bonchev–Trinajstić information content (AvgIpc) is 3.27. The lowest BCUT2D eigenvalue weighted by atomic mass is 10.1. The van der Waals surface area contributed by atoms with Crippen molar-refractivity contribution in [2.45, 2.75) is 38.3 Å². The molecule has 1 saturated carbocycles. The number of nitro groups is 1. The molecule has 4 rings (SSSR count). The molecule has 0 radical (unpaired) electrons. The number of fused-ring (bicyclic) bond motifs is 1. The molecule has 1 aliphatic heterocycles. The number of hydrogen-bond acceptors (Lipinski definition) is 7. The van der Waals surface area contributed by atoms with E-state index in [0.717, 1.165) is 43.0 Å². The van der Waals surface area contributed by atoms with Crippen LogP contribution in [0.25, 0.3) is 0 Å². The Labute approximate surface area is 126 Å². The molecule has 1 aliphatic carbocycles. The second-order valence-electron chi connectivity index (χ2n) is 5.84. The lowest BCUT2D eigenvalue weighted by Crippen LogP contribution is -2.31. The topological polar surface area (TPSA) is 98.2 Å². The lowest BCUT2D eigenvalue weighted by molar-refractivity contribution is -0.385. The molecule has 1 fully saturated rings. The molecule has 2 aliphatic rings. The quantitative estimate of drug-likeness (QED) is 0.627. The summed E-state index contributed by atoms with van der Waals surface area (Å²) < 4.78 is 5.26. The molecule has 0 bridgehead atoms. The zero-order chi connectivity index (χ0) is 15.1. The van der Waals surface area contributed by atoms with E-state index in [9.17, 15) is 10.1 Å². The number of rotatable bonds is 4. The van der Waals surface area contributed by atoms with Gasteiger partial charge in [-0.15, -0.1) is 0 Å². The summed E-state index contributed by atoms with van der Waals surface area (Å²) in [6.07, 6.45) is 4.37. The molecule has 8 nitrogen and oxygen atoms in total. The predicted molar refractivity (Wildman–Crippen MR) is 75.0 cm³/mol. The summed E-state index contributed by atoms with van der Waals surface area (Å²) in [6, 6.07) is 1.61. The molecule has 2 aromatic heterocycles. The molecule has 0 N–H and O–H groups in total. The van der Waals surface area contributed by atoms with E-state index in [-0.39, 0.29) is 5.69 Å². The zero-order valence-corrected chi connectivity index (χ0v) is 11.9. The monoisotopic (exact) mass is 301 g/mol. The highest BCUT2D eigenvalue weighted by atomic mass is 16.6. The fourth-order valence-electron chi connectivity index (χ4n) is 2.73. The van der Waals surface area contributed by atoms with Gasteiger partial charge in [0.1, 0.15) is 6.20 Å². The third kappa shape index (κ3) is 2.57. The lowest BCUT2D eigenvalue weighted by Gasteiger charge is -2.26. The molecule has 0 amide bonds. The van der Waals surface area contributed by atoms with Crippen LogP contribution in [0.15, 0.2) is 16.8 Å². The normalized spacial score (nSPS) is 18.2. The fraction of sp³-hybridized carbons (Fsp3) is 0.500. The predicted octanol–water partition coefficient (Wildman–Crippen LogP) is 1.81. The van der Waals surface area contributed by atoms with Gasteiger partial charge < -0.3 is 4.52 Å². The van der Waals surface area contributed by atoms with Crippen molar-refractivity contribution in [3.63, 3.8) is 0 Å². The van der Waals surface area contributed by atoms with Crippen LogP contribution >= 0.6 is 0 Å². The molecular formula is C14H15N5O3. The third-order valence-corrected chi connectivity index (χ3v) is 4.09. The Morgan fingerprint density at radius 3 is 3.09 bits per heavy atom. The molecule has 0 spiro atoms. The third-order valence-electron chi connectivity index (χ3n) is 4.09. The Morgan fingerprint density at radius 2 is 2.32 bits per heavy atom. The Hall–Kier alpha value is -2.35. The van der Waals surface area contributed by atoms with Crippen LogP contribution < -0.4 is 0 Å². The minimum absolute atomic E-state index is 0.0381. The summed E-state index contributed by atoms with van der Waals surface area (Å²) >= 11 is 0. The first-order valence-corrected chi connectivity index (χ1v) is 7.36. The smallest absolute Gasteiger partial charge is 0.287 e. The van der Waals surface area contributed by atoms with E-state index in [0.29, 0.717) is 24.8 Å². The second kappa shape index (κ2) is 5.13. The van der Waals surface area contributed by atoms with Gasteiger partial charge in [-0.2, -0.15) is 4.98 Å². The van der Waals surface area contributed by atoms with Crippen molar-refractivity contribution in [3.05, 3.63) is 45.4 Å². The summed E-state index contributed by atoms with van der Waals surface area (Å²) in [6.45, 7) is 2.06. The summed E-state index contributed by atoms with van der Waals surface area (Å²) in [5, 5.41) is 14.9. The van der Waals surface area contributed by atoms with Gasteiger partial charge in [-0.25, -0.2) is 0 Å². The number of aromatic nitrogens is 3. The highest BCUT2D eigenvalue weighted by Crippen LogP contribution is 2.38. The van der Waals surface area contributed by atoms with Gasteiger partial charge in [0.15, 0.2) is 5.82 Å². The largest absolute Gasteiger partial charge is 0.339 e. The Kier molecular flexibility index (Phi) is 3.11. The van der Waals surface area contributed by atoms with Crippen molar-refractivity contribution >= 4 is 5.69 Å². The molecule has 2 aromatic rings. The SMILES string of the molecule is O=[N+]([O-])c1cnc2c(c1)CN(Cc1noc(C3CC3)n1)CC2. The van der Waals surface area contributed by atoms with E-state index in [1.54, 1.807) is 6.07 Å². The van der Waals surface area contributed by atoms with Crippen LogP contribution in [-0.4, -0.2) is 31.5 Å². The van der Waals surface area contributed by atoms with E-state index in [1.807, 2.05) is 0 Å². The Balaban J connectivity index is 1.48. The van der Waals surface area contributed by atoms with Gasteiger partial charge in [0.05, 0.1) is 11.5 Å². The standard InChI is InChI=1S/C14H15N5O3/c20-19(21)11-5-10-7-18(4-3-12(10)15-6-11)8-13-16-14(22-17-13)9-1-2-9/h5-6,9H,1-4,7-8H2. The van der Waals surface area contributed by atoms with Gasteiger partial charge in [0.25, 0.3) is 5.69 Å². The second-order valence-corrected chi connectivity index (χ2v) is 5.84. The fourth-order valence-corrected chi connectivity index (χ4v) is 2.73. The van der Waals surface area contributed by atoms with Crippen molar-refractivity contribution in [1.82, 2.24) is 20.0 Å². The zero-order valence-electron chi connectivity index (χ0n) is 11.9. The minimum Gasteiger partial charge on any atom is -0.339 e. The first kappa shape index (κ1) is 13.3. The molecule has 8 heteroatoms. The van der Waals surface area contributed by atoms with Gasteiger partial charge in [-0.1, -0.05) is 5.16 Å². The van der Waals surface area contributed by atoms with Crippen molar-refractivity contribution in [2.24, 2.45) is 0 Å². The van der Waals surface area contributed by atoms with E-state index >= 15 is 0 Å². The van der Waals surface area contributed by atoms with E-state index in [1.165, 1.54) is 6.20 Å². The highest BCUT2D eigenvalue weighted by molar-refractivity contribution is 5.35. The van der Waals surface area contributed by atoms with Gasteiger partial charge in [0, 0.05) is 37.2 Å². The number of nitrogens with zero attached hydrogens (tertiary/aromatic N) is 5. The van der Waals surface area contributed by atoms with Crippen LogP contribution in [0.1, 0.15) is 41.7 Å². The molecule has 0 atom stereocenters. The van der Waals surface area contributed by atoms with Crippen molar-refractivity contribution < 1.29 is 9.45 Å². The summed E-state index contributed by atoms with van der Waals surface area (Å²) in [5.74, 6) is 1.88. The molecular weight excluding hydrogens is 286 g/mol. The Morgan fingerprint density at radius 1 is 1.45 bits per heavy atom. The molecule has 114 valence electrons. The van der Waals surface area contributed by atoms with Crippen LogP contribution in [0.3, 0.4) is 0 Å². The van der Waals surface area contributed by atoms with Crippen molar-refractivity contribution in [2.75, 3.05) is 6.54 Å². The maximum absolute atomic E-state index is 10.9. The van der Waals surface area contributed by atoms with Crippen LogP contribution in [0.5, 0.6) is 0 Å². The summed E-state index contributed by atoms with van der Waals surface area (Å²) in [7, 11) is 0. The molecule has 0 unspecified atom stereocenters. The maximum Gasteiger partial charge on any atom is 0.287 e. The van der Waals surface area contributed by atoms with Gasteiger partial charge in [-0.3, -0.25) is 20.0 Å². The maximum atomic E-state index is 10.9. The van der Waals surface area contributed by atoms with Crippen LogP contribution in [0, 0.1) is 10.1 Å². The van der Waals surface area contributed by atoms with Crippen LogP contribution in [0.4, 0.5) is 5.69 Å². The van der Waals surface area contributed by atoms with Gasteiger partial charge in [0.2, 0.25) is 5.89 Å². The van der Waals surface area contributed by atoms with E-state index in [4.69, 9.17) is 4.52 Å². The number of pyridine rings is 1. The van der Waals surface area contributed by atoms with Crippen LogP contribution in [0.2, 0.25) is 0 Å². The minimum atomic E-state index is -0.409. The average molecular weight is 301 g/mol. The summed E-state index contributed by atoms with van der Waals surface area (Å²) in [4.78, 5) is 21.2.